The van der Waals surface area contributed by atoms with Crippen LogP contribution in [0.1, 0.15) is 26.3 Å². The van der Waals surface area contributed by atoms with E-state index in [1.54, 1.807) is 0 Å². The second-order valence-corrected chi connectivity index (χ2v) is 5.78. The Balaban J connectivity index is 0.00000338. The highest BCUT2D eigenvalue weighted by Gasteiger charge is 2.16. The third kappa shape index (κ3) is 5.93. The molecule has 0 radical (unpaired) electrons. The van der Waals surface area contributed by atoms with Crippen molar-refractivity contribution in [2.24, 2.45) is 4.99 Å². The molecule has 0 fully saturated rings. The minimum Gasteiger partial charge on any atom is -0.454 e. The van der Waals surface area contributed by atoms with E-state index < -0.39 is 0 Å². The van der Waals surface area contributed by atoms with Crippen LogP contribution in [0.3, 0.4) is 0 Å². The van der Waals surface area contributed by atoms with Crippen LogP contribution < -0.4 is 14.8 Å². The fourth-order valence-electron chi connectivity index (χ4n) is 2.63. The van der Waals surface area contributed by atoms with E-state index in [9.17, 15) is 4.79 Å². The first-order valence-corrected chi connectivity index (χ1v) is 8.74. The summed E-state index contributed by atoms with van der Waals surface area (Å²) in [5.74, 6) is 2.33. The zero-order valence-corrected chi connectivity index (χ0v) is 18.3. The Morgan fingerprint density at radius 3 is 2.54 bits per heavy atom. The number of likely N-dealkylation sites (N-methyl/N-ethyl adjacent to an activating group) is 2. The van der Waals surface area contributed by atoms with Gasteiger partial charge >= 0.3 is 0 Å². The molecule has 26 heavy (non-hydrogen) atoms. The molecule has 146 valence electrons. The molecular weight excluding hydrogens is 447 g/mol. The normalized spacial score (nSPS) is 12.4. The fraction of sp³-hybridized carbons (Fsp3) is 0.556. The van der Waals surface area contributed by atoms with E-state index in [2.05, 4.69) is 10.3 Å². The number of carbonyl (C=O) groups is 1. The Bertz CT molecular complexity index is 620. The van der Waals surface area contributed by atoms with E-state index in [1.807, 2.05) is 55.8 Å². The molecule has 7 nitrogen and oxygen atoms in total. The lowest BCUT2D eigenvalue weighted by Crippen LogP contribution is -2.45. The van der Waals surface area contributed by atoms with Gasteiger partial charge in [0.15, 0.2) is 17.5 Å². The van der Waals surface area contributed by atoms with Crippen LogP contribution >= 0.6 is 24.0 Å². The molecule has 0 saturated carbocycles. The standard InChI is InChI=1S/C18H28N4O3.HI/c1-5-19-18(21(4)12-17(23)22(6-2)7-3)20-11-14-8-9-15-16(10-14)25-13-24-15;/h8-10H,5-7,11-13H2,1-4H3,(H,19,20);1H. The molecule has 0 spiro atoms. The second kappa shape index (κ2) is 11.1. The van der Waals surface area contributed by atoms with Crippen molar-refractivity contribution < 1.29 is 14.3 Å². The first kappa shape index (κ1) is 22.3. The van der Waals surface area contributed by atoms with Gasteiger partial charge in [-0.2, -0.15) is 0 Å². The maximum absolute atomic E-state index is 12.3. The number of hydrogen-bond acceptors (Lipinski definition) is 4. The zero-order chi connectivity index (χ0) is 18.2. The Kier molecular flexibility index (Phi) is 9.53. The van der Waals surface area contributed by atoms with Crippen molar-refractivity contribution in [3.05, 3.63) is 23.8 Å². The van der Waals surface area contributed by atoms with Gasteiger partial charge in [-0.3, -0.25) is 4.79 Å². The molecule has 0 atom stereocenters. The molecule has 1 amide bonds. The summed E-state index contributed by atoms with van der Waals surface area (Å²) >= 11 is 0. The van der Waals surface area contributed by atoms with Crippen LogP contribution in [0, 0.1) is 0 Å². The summed E-state index contributed by atoms with van der Waals surface area (Å²) in [6.07, 6.45) is 0. The number of fused-ring (bicyclic) bond motifs is 1. The maximum atomic E-state index is 12.3. The molecule has 1 heterocycles. The fourth-order valence-corrected chi connectivity index (χ4v) is 2.63. The Hall–Kier alpha value is -1.71. The average molecular weight is 476 g/mol. The zero-order valence-electron chi connectivity index (χ0n) is 15.9. The van der Waals surface area contributed by atoms with Crippen LogP contribution in [0.5, 0.6) is 11.5 Å². The van der Waals surface area contributed by atoms with Crippen molar-refractivity contribution >= 4 is 35.8 Å². The van der Waals surface area contributed by atoms with Crippen LogP contribution in [0.15, 0.2) is 23.2 Å². The highest BCUT2D eigenvalue weighted by Crippen LogP contribution is 2.32. The molecule has 0 unspecified atom stereocenters. The number of halogens is 1. The van der Waals surface area contributed by atoms with Crippen LogP contribution in [-0.2, 0) is 11.3 Å². The number of amides is 1. The minimum absolute atomic E-state index is 0. The van der Waals surface area contributed by atoms with E-state index in [4.69, 9.17) is 9.47 Å². The highest BCUT2D eigenvalue weighted by molar-refractivity contribution is 14.0. The number of hydrogen-bond donors (Lipinski definition) is 1. The molecule has 1 aliphatic heterocycles. The summed E-state index contributed by atoms with van der Waals surface area (Å²) in [7, 11) is 1.88. The van der Waals surface area contributed by atoms with Gasteiger partial charge in [-0.25, -0.2) is 4.99 Å². The van der Waals surface area contributed by atoms with Crippen LogP contribution in [0.4, 0.5) is 0 Å². The number of guanidine groups is 1. The average Bonchev–Trinajstić information content (AvgIpc) is 3.07. The van der Waals surface area contributed by atoms with Gasteiger partial charge < -0.3 is 24.6 Å². The lowest BCUT2D eigenvalue weighted by atomic mass is 10.2. The highest BCUT2D eigenvalue weighted by atomic mass is 127. The van der Waals surface area contributed by atoms with Crippen molar-refractivity contribution in [1.29, 1.82) is 0 Å². The van der Waals surface area contributed by atoms with Gasteiger partial charge in [0.2, 0.25) is 12.7 Å². The predicted octanol–water partition coefficient (Wildman–Crippen LogP) is 2.30. The number of nitrogens with zero attached hydrogens (tertiary/aromatic N) is 3. The van der Waals surface area contributed by atoms with Gasteiger partial charge in [0.1, 0.15) is 0 Å². The summed E-state index contributed by atoms with van der Waals surface area (Å²) in [6.45, 7) is 9.22. The summed E-state index contributed by atoms with van der Waals surface area (Å²) in [6, 6.07) is 5.81. The van der Waals surface area contributed by atoms with Crippen LogP contribution in [0.25, 0.3) is 0 Å². The van der Waals surface area contributed by atoms with Gasteiger partial charge in [-0.05, 0) is 38.5 Å². The maximum Gasteiger partial charge on any atom is 0.242 e. The quantitative estimate of drug-likeness (QED) is 0.372. The smallest absolute Gasteiger partial charge is 0.242 e. The topological polar surface area (TPSA) is 66.4 Å². The molecule has 8 heteroatoms. The molecule has 0 saturated heterocycles. The van der Waals surface area contributed by atoms with Crippen molar-refractivity contribution in [3.63, 3.8) is 0 Å². The number of benzene rings is 1. The van der Waals surface area contributed by atoms with E-state index in [0.29, 0.717) is 32.1 Å². The number of ether oxygens (including phenoxy) is 2. The lowest BCUT2D eigenvalue weighted by molar-refractivity contribution is -0.131. The molecule has 1 aliphatic rings. The van der Waals surface area contributed by atoms with E-state index in [-0.39, 0.29) is 36.7 Å². The van der Waals surface area contributed by atoms with Crippen LogP contribution in [-0.4, -0.2) is 61.7 Å². The van der Waals surface area contributed by atoms with Crippen molar-refractivity contribution in [3.8, 4) is 11.5 Å². The van der Waals surface area contributed by atoms with E-state index in [1.165, 1.54) is 0 Å². The van der Waals surface area contributed by atoms with Crippen molar-refractivity contribution in [2.45, 2.75) is 27.3 Å². The lowest BCUT2D eigenvalue weighted by Gasteiger charge is -2.25. The third-order valence-electron chi connectivity index (χ3n) is 4.03. The van der Waals surface area contributed by atoms with Crippen molar-refractivity contribution in [1.82, 2.24) is 15.1 Å². The SMILES string of the molecule is CCNC(=NCc1ccc2c(c1)OCO2)N(C)CC(=O)N(CC)CC.I. The molecule has 1 aromatic rings. The first-order chi connectivity index (χ1) is 12.1. The van der Waals surface area contributed by atoms with E-state index in [0.717, 1.165) is 23.6 Å². The molecular formula is C18H29IN4O3. The minimum atomic E-state index is 0. The van der Waals surface area contributed by atoms with Gasteiger partial charge in [-0.1, -0.05) is 6.07 Å². The van der Waals surface area contributed by atoms with Crippen molar-refractivity contribution in [2.75, 3.05) is 40.0 Å². The Labute approximate surface area is 172 Å². The molecule has 1 aromatic carbocycles. The van der Waals surface area contributed by atoms with Gasteiger partial charge in [0.25, 0.3) is 0 Å². The Morgan fingerprint density at radius 1 is 1.19 bits per heavy atom. The molecule has 0 bridgehead atoms. The second-order valence-electron chi connectivity index (χ2n) is 5.78. The molecule has 0 aromatic heterocycles. The monoisotopic (exact) mass is 476 g/mol. The summed E-state index contributed by atoms with van der Waals surface area (Å²) in [5, 5.41) is 3.23. The molecule has 2 rings (SSSR count). The Morgan fingerprint density at radius 2 is 1.88 bits per heavy atom. The first-order valence-electron chi connectivity index (χ1n) is 8.74. The predicted molar refractivity (Wildman–Crippen MR) is 113 cm³/mol. The third-order valence-corrected chi connectivity index (χ3v) is 4.03. The van der Waals surface area contributed by atoms with E-state index >= 15 is 0 Å². The molecule has 0 aliphatic carbocycles. The largest absolute Gasteiger partial charge is 0.454 e. The summed E-state index contributed by atoms with van der Waals surface area (Å²) < 4.78 is 10.7. The number of rotatable bonds is 7. The number of nitrogens with one attached hydrogen (secondary N) is 1. The summed E-state index contributed by atoms with van der Waals surface area (Å²) in [5.41, 5.74) is 1.03. The van der Waals surface area contributed by atoms with Gasteiger partial charge in [0, 0.05) is 26.7 Å². The number of carbonyl (C=O) groups excluding carboxylic acids is 1. The number of aliphatic imine (C=N–C) groups is 1. The van der Waals surface area contributed by atoms with Crippen LogP contribution in [0.2, 0.25) is 0 Å². The molecule has 1 N–H and O–H groups in total. The summed E-state index contributed by atoms with van der Waals surface area (Å²) in [4.78, 5) is 20.6. The van der Waals surface area contributed by atoms with Gasteiger partial charge in [0.05, 0.1) is 13.1 Å². The van der Waals surface area contributed by atoms with Gasteiger partial charge in [-0.15, -0.1) is 24.0 Å².